The third kappa shape index (κ3) is 7.63. The lowest BCUT2D eigenvalue weighted by Crippen LogP contribution is -2.60. The van der Waals surface area contributed by atoms with Crippen molar-refractivity contribution in [3.05, 3.63) is 42.6 Å². The highest BCUT2D eigenvalue weighted by Crippen LogP contribution is 2.45. The van der Waals surface area contributed by atoms with E-state index >= 15 is 0 Å². The Morgan fingerprint density at radius 3 is 2.61 bits per heavy atom. The van der Waals surface area contributed by atoms with Crippen molar-refractivity contribution in [1.29, 1.82) is 0 Å². The van der Waals surface area contributed by atoms with Crippen LogP contribution in [-0.4, -0.2) is 91.4 Å². The molecule has 4 aliphatic rings. The van der Waals surface area contributed by atoms with Crippen LogP contribution in [0.5, 0.6) is 11.6 Å². The number of aryl methyl sites for hydroxylation is 1. The quantitative estimate of drug-likeness (QED) is 0.359. The Labute approximate surface area is 298 Å². The van der Waals surface area contributed by atoms with E-state index in [9.17, 15) is 27.6 Å². The van der Waals surface area contributed by atoms with Crippen molar-refractivity contribution in [3.8, 4) is 11.6 Å². The van der Waals surface area contributed by atoms with Gasteiger partial charge in [-0.2, -0.15) is 0 Å². The number of ether oxygens (including phenoxy) is 3. The molecule has 2 aromatic rings. The molecule has 4 amide bonds. The molecular formula is C36H47N5O9S. The van der Waals surface area contributed by atoms with Crippen molar-refractivity contribution in [2.75, 3.05) is 20.3 Å². The molecule has 4 bridgehead atoms. The fraction of sp³-hybridized carbons (Fsp3) is 0.583. The van der Waals surface area contributed by atoms with E-state index in [4.69, 9.17) is 14.2 Å². The fourth-order valence-electron chi connectivity index (χ4n) is 6.98. The Morgan fingerprint density at radius 2 is 1.94 bits per heavy atom. The topological polar surface area (TPSA) is 182 Å². The highest BCUT2D eigenvalue weighted by atomic mass is 32.2. The van der Waals surface area contributed by atoms with Crippen molar-refractivity contribution < 1.29 is 41.8 Å². The van der Waals surface area contributed by atoms with Crippen LogP contribution in [0.1, 0.15) is 71.3 Å². The van der Waals surface area contributed by atoms with Gasteiger partial charge in [0.2, 0.25) is 27.7 Å². The van der Waals surface area contributed by atoms with E-state index in [0.717, 1.165) is 34.9 Å². The lowest BCUT2D eigenvalue weighted by molar-refractivity contribution is -0.142. The number of nitrogens with one attached hydrogen (secondary N) is 3. The van der Waals surface area contributed by atoms with Gasteiger partial charge in [-0.15, -0.1) is 6.58 Å². The molecule has 1 aromatic heterocycles. The van der Waals surface area contributed by atoms with Crippen molar-refractivity contribution >= 4 is 44.6 Å². The average molecular weight is 726 g/mol. The third-order valence-corrected chi connectivity index (χ3v) is 12.0. The van der Waals surface area contributed by atoms with Crippen LogP contribution in [0.3, 0.4) is 0 Å². The number of alkyl carbamates (subject to hydrolysis) is 1. The Bertz CT molecular complexity index is 1840. The van der Waals surface area contributed by atoms with Crippen LogP contribution >= 0.6 is 0 Å². The minimum Gasteiger partial charge on any atom is -0.496 e. The summed E-state index contributed by atoms with van der Waals surface area (Å²) >= 11 is 0. The molecule has 276 valence electrons. The molecule has 0 radical (unpaired) electrons. The number of aromatic nitrogens is 1. The monoisotopic (exact) mass is 725 g/mol. The number of hydrogen-bond acceptors (Lipinski definition) is 10. The summed E-state index contributed by atoms with van der Waals surface area (Å²) in [7, 11) is -2.27. The standard InChI is InChI=1S/C36H47N5O9S/c1-6-23-19-36(23,33(44)40-51(46,47)25-11-12-25)39-30(42)27-18-24-20-41(27)32(43)29(35(2,3)4)38-34(45)49-15-9-7-8-10-22-16-26-21(17-28(22)48-5)13-14-37-31(26)50-24/h6,13-14,16-17,23-25,27,29H,1,7-12,15,18-20H2,2-5H3,(H,38,45)(H,39,42)(H,40,44)/t23-,24+,27-,29+,36+/m0/s1. The predicted molar refractivity (Wildman–Crippen MR) is 187 cm³/mol. The van der Waals surface area contributed by atoms with E-state index in [1.54, 1.807) is 34.1 Å². The molecule has 0 spiro atoms. The van der Waals surface area contributed by atoms with Crippen LogP contribution in [0, 0.1) is 11.3 Å². The van der Waals surface area contributed by atoms with Crippen LogP contribution in [0.2, 0.25) is 0 Å². The summed E-state index contributed by atoms with van der Waals surface area (Å²) in [6, 6.07) is 3.57. The highest BCUT2D eigenvalue weighted by molar-refractivity contribution is 7.91. The highest BCUT2D eigenvalue weighted by Gasteiger charge is 2.62. The first-order valence-corrected chi connectivity index (χ1v) is 19.1. The maximum atomic E-state index is 14.4. The molecule has 1 saturated heterocycles. The normalized spacial score (nSPS) is 27.3. The number of carbonyl (C=O) groups is 4. The van der Waals surface area contributed by atoms with Gasteiger partial charge in [-0.3, -0.25) is 19.1 Å². The molecule has 51 heavy (non-hydrogen) atoms. The molecule has 3 N–H and O–H groups in total. The van der Waals surface area contributed by atoms with Crippen molar-refractivity contribution in [2.24, 2.45) is 11.3 Å². The van der Waals surface area contributed by atoms with Crippen LogP contribution in [0.25, 0.3) is 10.8 Å². The van der Waals surface area contributed by atoms with Gasteiger partial charge in [-0.1, -0.05) is 26.8 Å². The molecule has 2 saturated carbocycles. The first kappa shape index (κ1) is 36.4. The van der Waals surface area contributed by atoms with Gasteiger partial charge < -0.3 is 29.7 Å². The van der Waals surface area contributed by atoms with E-state index in [2.05, 4.69) is 26.9 Å². The van der Waals surface area contributed by atoms with Gasteiger partial charge in [0.05, 0.1) is 25.5 Å². The Hall–Kier alpha value is -4.40. The summed E-state index contributed by atoms with van der Waals surface area (Å²) in [6.45, 7) is 9.30. The van der Waals surface area contributed by atoms with Gasteiger partial charge >= 0.3 is 6.09 Å². The van der Waals surface area contributed by atoms with Crippen LogP contribution in [0.4, 0.5) is 4.79 Å². The van der Waals surface area contributed by atoms with E-state index < -0.39 is 74.1 Å². The molecule has 3 heterocycles. The van der Waals surface area contributed by atoms with Crippen molar-refractivity contribution in [2.45, 2.75) is 101 Å². The van der Waals surface area contributed by atoms with Crippen LogP contribution in [-0.2, 0) is 35.6 Å². The zero-order valence-corrected chi connectivity index (χ0v) is 30.3. The largest absolute Gasteiger partial charge is 0.496 e. The number of amides is 4. The number of rotatable bonds is 7. The molecule has 3 fully saturated rings. The van der Waals surface area contributed by atoms with Gasteiger partial charge in [0.25, 0.3) is 5.91 Å². The number of hydrogen-bond donors (Lipinski definition) is 3. The second-order valence-corrected chi connectivity index (χ2v) is 17.0. The second-order valence-electron chi connectivity index (χ2n) is 15.1. The van der Waals surface area contributed by atoms with Crippen LogP contribution < -0.4 is 24.8 Å². The second kappa shape index (κ2) is 14.0. The predicted octanol–water partition coefficient (Wildman–Crippen LogP) is 3.13. The number of methoxy groups -OCH3 is 1. The molecule has 5 atom stereocenters. The Balaban J connectivity index is 1.34. The van der Waals surface area contributed by atoms with E-state index in [0.29, 0.717) is 31.6 Å². The van der Waals surface area contributed by atoms with Gasteiger partial charge in [0.1, 0.15) is 29.5 Å². The summed E-state index contributed by atoms with van der Waals surface area (Å²) in [5, 5.41) is 6.48. The molecule has 2 aliphatic heterocycles. The van der Waals surface area contributed by atoms with Gasteiger partial charge in [0, 0.05) is 23.9 Å². The zero-order chi connectivity index (χ0) is 36.7. The smallest absolute Gasteiger partial charge is 0.407 e. The third-order valence-electron chi connectivity index (χ3n) is 10.2. The molecular weight excluding hydrogens is 678 g/mol. The Kier molecular flexibility index (Phi) is 9.96. The van der Waals surface area contributed by atoms with E-state index in [1.165, 1.54) is 11.0 Å². The van der Waals surface area contributed by atoms with Crippen molar-refractivity contribution in [3.63, 3.8) is 0 Å². The summed E-state index contributed by atoms with van der Waals surface area (Å²) in [4.78, 5) is 61.0. The zero-order valence-electron chi connectivity index (χ0n) is 29.5. The first-order chi connectivity index (χ1) is 24.2. The first-order valence-electron chi connectivity index (χ1n) is 17.5. The summed E-state index contributed by atoms with van der Waals surface area (Å²) in [5.74, 6) is -1.47. The SMILES string of the molecule is C=C[C@H]1C[C@]1(NC(=O)[C@@H]1C[C@@H]2CN1C(=O)[C@H](C(C)(C)C)NC(=O)OCCCCCc1cc3c(nccc3cc1OC)O2)C(=O)NS(=O)(=O)C1CC1. The minimum atomic E-state index is -3.89. The maximum absolute atomic E-state index is 14.4. The lowest BCUT2D eigenvalue weighted by atomic mass is 9.85. The average Bonchev–Trinajstić information content (AvgIpc) is 4.00. The summed E-state index contributed by atoms with van der Waals surface area (Å²) < 4.78 is 45.1. The summed E-state index contributed by atoms with van der Waals surface area (Å²) in [5.41, 5.74) is -1.37. The number of cyclic esters (lactones) is 1. The summed E-state index contributed by atoms with van der Waals surface area (Å²) in [6.07, 6.45) is 5.73. The van der Waals surface area contributed by atoms with E-state index in [-0.39, 0.29) is 26.0 Å². The van der Waals surface area contributed by atoms with Gasteiger partial charge in [-0.25, -0.2) is 18.2 Å². The molecule has 6 rings (SSSR count). The molecule has 0 unspecified atom stereocenters. The van der Waals surface area contributed by atoms with Crippen molar-refractivity contribution in [1.82, 2.24) is 25.2 Å². The number of sulfonamides is 1. The van der Waals surface area contributed by atoms with Gasteiger partial charge in [0.15, 0.2) is 0 Å². The molecule has 2 aliphatic carbocycles. The molecule has 14 nitrogen and oxygen atoms in total. The maximum Gasteiger partial charge on any atom is 0.407 e. The van der Waals surface area contributed by atoms with E-state index in [1.807, 2.05) is 18.2 Å². The lowest BCUT2D eigenvalue weighted by Gasteiger charge is -2.35. The number of nitrogens with zero attached hydrogens (tertiary/aromatic N) is 2. The molecule has 1 aromatic carbocycles. The fourth-order valence-corrected chi connectivity index (χ4v) is 8.35. The minimum absolute atomic E-state index is 0.0263. The van der Waals surface area contributed by atoms with Crippen LogP contribution in [0.15, 0.2) is 37.1 Å². The number of benzene rings is 1. The molecule has 15 heteroatoms. The number of fused-ring (bicyclic) bond motifs is 3. The number of carbonyl (C=O) groups excluding carboxylic acids is 4. The number of pyridine rings is 1. The Morgan fingerprint density at radius 1 is 1.18 bits per heavy atom. The van der Waals surface area contributed by atoms with Gasteiger partial charge in [-0.05, 0) is 79.5 Å².